The molecule has 7 heteroatoms. The number of halogens is 2. The lowest BCUT2D eigenvalue weighted by Crippen LogP contribution is -2.28. The topological polar surface area (TPSA) is 56.8 Å². The average Bonchev–Trinajstić information content (AvgIpc) is 3.01. The van der Waals surface area contributed by atoms with Crippen LogP contribution in [0, 0.1) is 0 Å². The molecule has 3 rings (SSSR count). The molecule has 120 valence electrons. The minimum atomic E-state index is -0.242. The number of ether oxygens (including phenoxy) is 3. The fourth-order valence-electron chi connectivity index (χ4n) is 2.02. The van der Waals surface area contributed by atoms with E-state index in [0.717, 1.165) is 5.56 Å². The van der Waals surface area contributed by atoms with Crippen molar-refractivity contribution in [2.24, 2.45) is 0 Å². The Kier molecular flexibility index (Phi) is 4.79. The van der Waals surface area contributed by atoms with Crippen molar-refractivity contribution < 1.29 is 19.0 Å². The summed E-state index contributed by atoms with van der Waals surface area (Å²) in [6.07, 6.45) is 0. The average molecular weight is 354 g/mol. The molecule has 0 radical (unpaired) electrons. The van der Waals surface area contributed by atoms with E-state index in [1.165, 1.54) is 0 Å². The van der Waals surface area contributed by atoms with Crippen LogP contribution in [0.4, 0.5) is 0 Å². The molecule has 23 heavy (non-hydrogen) atoms. The van der Waals surface area contributed by atoms with Gasteiger partial charge in [-0.2, -0.15) is 0 Å². The molecular weight excluding hydrogens is 341 g/mol. The molecule has 0 aliphatic carbocycles. The Morgan fingerprint density at radius 1 is 1.09 bits per heavy atom. The lowest BCUT2D eigenvalue weighted by atomic mass is 10.2. The molecule has 0 fully saturated rings. The molecule has 1 aliphatic heterocycles. The summed E-state index contributed by atoms with van der Waals surface area (Å²) in [7, 11) is 0. The van der Waals surface area contributed by atoms with Crippen molar-refractivity contribution in [2.75, 3.05) is 13.4 Å². The lowest BCUT2D eigenvalue weighted by molar-refractivity contribution is -0.123. The second kappa shape index (κ2) is 6.98. The zero-order chi connectivity index (χ0) is 16.2. The maximum Gasteiger partial charge on any atom is 0.258 e. The number of fused-ring (bicyclic) bond motifs is 1. The summed E-state index contributed by atoms with van der Waals surface area (Å²) < 4.78 is 15.9. The van der Waals surface area contributed by atoms with Crippen LogP contribution >= 0.6 is 23.2 Å². The molecule has 0 unspecified atom stereocenters. The van der Waals surface area contributed by atoms with E-state index in [9.17, 15) is 4.79 Å². The summed E-state index contributed by atoms with van der Waals surface area (Å²) in [5.74, 6) is 1.64. The second-order valence-corrected chi connectivity index (χ2v) is 5.64. The quantitative estimate of drug-likeness (QED) is 0.894. The van der Waals surface area contributed by atoms with Crippen LogP contribution in [0.2, 0.25) is 10.0 Å². The highest BCUT2D eigenvalue weighted by Crippen LogP contribution is 2.32. The monoisotopic (exact) mass is 353 g/mol. The first-order chi connectivity index (χ1) is 11.1. The maximum absolute atomic E-state index is 11.8. The van der Waals surface area contributed by atoms with Gasteiger partial charge in [-0.15, -0.1) is 0 Å². The number of nitrogens with one attached hydrogen (secondary N) is 1. The van der Waals surface area contributed by atoms with Crippen molar-refractivity contribution >= 4 is 29.1 Å². The van der Waals surface area contributed by atoms with Crippen LogP contribution in [-0.2, 0) is 11.3 Å². The van der Waals surface area contributed by atoms with Crippen LogP contribution in [0.25, 0.3) is 0 Å². The van der Waals surface area contributed by atoms with Gasteiger partial charge in [-0.3, -0.25) is 4.79 Å². The Labute approximate surface area is 143 Å². The number of carbonyl (C=O) groups excluding carboxylic acids is 1. The van der Waals surface area contributed by atoms with E-state index >= 15 is 0 Å². The largest absolute Gasteiger partial charge is 0.484 e. The van der Waals surface area contributed by atoms with Gasteiger partial charge >= 0.3 is 0 Å². The van der Waals surface area contributed by atoms with Crippen molar-refractivity contribution in [3.05, 3.63) is 52.0 Å². The van der Waals surface area contributed by atoms with Crippen LogP contribution in [0.5, 0.6) is 17.2 Å². The van der Waals surface area contributed by atoms with E-state index in [1.807, 2.05) is 18.2 Å². The first-order valence-electron chi connectivity index (χ1n) is 6.85. The molecule has 1 aliphatic rings. The van der Waals surface area contributed by atoms with E-state index in [2.05, 4.69) is 5.32 Å². The fourth-order valence-corrected chi connectivity index (χ4v) is 2.31. The minimum absolute atomic E-state index is 0.109. The Balaban J connectivity index is 1.48. The van der Waals surface area contributed by atoms with Gasteiger partial charge in [-0.1, -0.05) is 29.3 Å². The smallest absolute Gasteiger partial charge is 0.258 e. The first-order valence-corrected chi connectivity index (χ1v) is 7.60. The minimum Gasteiger partial charge on any atom is -0.484 e. The maximum atomic E-state index is 11.8. The summed E-state index contributed by atoms with van der Waals surface area (Å²) in [6.45, 7) is 0.491. The van der Waals surface area contributed by atoms with Gasteiger partial charge in [0.25, 0.3) is 5.91 Å². The standard InChI is InChI=1S/C16H13Cl2NO4/c17-12-3-2-11(6-13(12)18)21-8-16(20)19-7-10-1-4-14-15(5-10)23-9-22-14/h1-6H,7-9H2,(H,19,20). The molecule has 0 saturated heterocycles. The molecule has 2 aromatic carbocycles. The molecule has 5 nitrogen and oxygen atoms in total. The molecule has 1 N–H and O–H groups in total. The molecule has 1 heterocycles. The molecule has 0 saturated carbocycles. The van der Waals surface area contributed by atoms with E-state index in [0.29, 0.717) is 33.8 Å². The zero-order valence-electron chi connectivity index (χ0n) is 12.0. The fraction of sp³-hybridized carbons (Fsp3) is 0.188. The van der Waals surface area contributed by atoms with Crippen molar-refractivity contribution in [3.8, 4) is 17.2 Å². The van der Waals surface area contributed by atoms with Gasteiger partial charge in [0.15, 0.2) is 18.1 Å². The highest BCUT2D eigenvalue weighted by Gasteiger charge is 2.13. The number of amides is 1. The third-order valence-corrected chi connectivity index (χ3v) is 3.93. The van der Waals surface area contributed by atoms with Crippen LogP contribution in [0.15, 0.2) is 36.4 Å². The summed E-state index contributed by atoms with van der Waals surface area (Å²) in [4.78, 5) is 11.8. The highest BCUT2D eigenvalue weighted by atomic mass is 35.5. The zero-order valence-corrected chi connectivity index (χ0v) is 13.5. The molecule has 1 amide bonds. The Bertz CT molecular complexity index is 736. The number of benzene rings is 2. The summed E-state index contributed by atoms with van der Waals surface area (Å²) in [5, 5.41) is 3.58. The number of carbonyl (C=O) groups is 1. The molecule has 0 aromatic heterocycles. The molecule has 2 aromatic rings. The van der Waals surface area contributed by atoms with Gasteiger partial charge in [-0.25, -0.2) is 0 Å². The van der Waals surface area contributed by atoms with Crippen LogP contribution in [0.3, 0.4) is 0 Å². The van der Waals surface area contributed by atoms with E-state index in [4.69, 9.17) is 37.4 Å². The van der Waals surface area contributed by atoms with Crippen LogP contribution < -0.4 is 19.5 Å². The summed E-state index contributed by atoms with van der Waals surface area (Å²) in [6, 6.07) is 10.4. The molecule has 0 bridgehead atoms. The Hall–Kier alpha value is -2.11. The van der Waals surface area contributed by atoms with Gasteiger partial charge in [0.1, 0.15) is 5.75 Å². The summed E-state index contributed by atoms with van der Waals surface area (Å²) >= 11 is 11.7. The van der Waals surface area contributed by atoms with Crippen LogP contribution in [0.1, 0.15) is 5.56 Å². The number of hydrogen-bond acceptors (Lipinski definition) is 4. The normalized spacial score (nSPS) is 12.1. The van der Waals surface area contributed by atoms with Crippen molar-refractivity contribution in [2.45, 2.75) is 6.54 Å². The third kappa shape index (κ3) is 4.00. The van der Waals surface area contributed by atoms with Gasteiger partial charge < -0.3 is 19.5 Å². The van der Waals surface area contributed by atoms with Crippen molar-refractivity contribution in [3.63, 3.8) is 0 Å². The predicted octanol–water partition coefficient (Wildman–Crippen LogP) is 3.42. The Morgan fingerprint density at radius 2 is 1.91 bits per heavy atom. The van der Waals surface area contributed by atoms with Gasteiger partial charge in [0.2, 0.25) is 6.79 Å². The first kappa shape index (κ1) is 15.8. The SMILES string of the molecule is O=C(COc1ccc(Cl)c(Cl)c1)NCc1ccc2c(c1)OCO2. The number of hydrogen-bond donors (Lipinski definition) is 1. The van der Waals surface area contributed by atoms with E-state index in [1.54, 1.807) is 18.2 Å². The van der Waals surface area contributed by atoms with E-state index < -0.39 is 0 Å². The van der Waals surface area contributed by atoms with E-state index in [-0.39, 0.29) is 19.3 Å². The Morgan fingerprint density at radius 3 is 2.74 bits per heavy atom. The number of rotatable bonds is 5. The molecule has 0 atom stereocenters. The molecule has 0 spiro atoms. The lowest BCUT2D eigenvalue weighted by Gasteiger charge is -2.08. The van der Waals surface area contributed by atoms with Gasteiger partial charge in [-0.05, 0) is 29.8 Å². The summed E-state index contributed by atoms with van der Waals surface area (Å²) in [5.41, 5.74) is 0.914. The third-order valence-electron chi connectivity index (χ3n) is 3.19. The molecular formula is C16H13Cl2NO4. The highest BCUT2D eigenvalue weighted by molar-refractivity contribution is 6.42. The second-order valence-electron chi connectivity index (χ2n) is 4.83. The van der Waals surface area contributed by atoms with Gasteiger partial charge in [0.05, 0.1) is 10.0 Å². The van der Waals surface area contributed by atoms with Crippen molar-refractivity contribution in [1.82, 2.24) is 5.32 Å². The van der Waals surface area contributed by atoms with Crippen LogP contribution in [-0.4, -0.2) is 19.3 Å². The predicted molar refractivity (Wildman–Crippen MR) is 86.4 cm³/mol. The van der Waals surface area contributed by atoms with Crippen molar-refractivity contribution in [1.29, 1.82) is 0 Å². The van der Waals surface area contributed by atoms with Gasteiger partial charge in [0, 0.05) is 12.6 Å².